The average molecular weight is 337 g/mol. The van der Waals surface area contributed by atoms with E-state index >= 15 is 0 Å². The van der Waals surface area contributed by atoms with E-state index < -0.39 is 0 Å². The number of aromatic nitrogens is 1. The van der Waals surface area contributed by atoms with Crippen LogP contribution in [0.2, 0.25) is 0 Å². The topological polar surface area (TPSA) is 49.8 Å². The number of nitrogens with zero attached hydrogens (tertiary/aromatic N) is 3. The molecule has 0 aliphatic carbocycles. The molecule has 1 saturated heterocycles. The summed E-state index contributed by atoms with van der Waals surface area (Å²) in [6, 6.07) is 3.97. The molecule has 0 saturated carbocycles. The molecule has 1 unspecified atom stereocenters. The van der Waals surface area contributed by atoms with Crippen LogP contribution in [0.25, 0.3) is 0 Å². The molecule has 1 fully saturated rings. The second-order valence-electron chi connectivity index (χ2n) is 5.92. The van der Waals surface area contributed by atoms with E-state index in [0.717, 1.165) is 31.2 Å². The molecule has 1 N–H and O–H groups in total. The maximum atomic E-state index is 5.57. The molecular weight excluding hydrogens is 308 g/mol. The first-order chi connectivity index (χ1) is 11.1. The molecule has 1 aliphatic rings. The molecule has 128 valence electrons. The molecule has 5 nitrogen and oxygen atoms in total. The van der Waals surface area contributed by atoms with E-state index in [1.54, 1.807) is 0 Å². The van der Waals surface area contributed by atoms with Crippen molar-refractivity contribution in [1.29, 1.82) is 0 Å². The number of thioether (sulfide) groups is 1. The van der Waals surface area contributed by atoms with E-state index in [4.69, 9.17) is 4.74 Å². The molecule has 0 spiro atoms. The largest absolute Gasteiger partial charge is 0.475 e. The van der Waals surface area contributed by atoms with Crippen LogP contribution in [0.3, 0.4) is 0 Å². The minimum absolute atomic E-state index is 0.147. The summed E-state index contributed by atoms with van der Waals surface area (Å²) in [6.07, 6.45) is 3.21. The van der Waals surface area contributed by atoms with E-state index in [0.29, 0.717) is 11.1 Å². The van der Waals surface area contributed by atoms with Gasteiger partial charge in [-0.25, -0.2) is 4.98 Å². The lowest BCUT2D eigenvalue weighted by Gasteiger charge is -2.34. The summed E-state index contributed by atoms with van der Waals surface area (Å²) >= 11 is 2.07. The third-order valence-electron chi connectivity index (χ3n) is 3.71. The summed E-state index contributed by atoms with van der Waals surface area (Å²) in [5.41, 5.74) is 1.13. The number of hydrogen-bond acceptors (Lipinski definition) is 4. The molecule has 23 heavy (non-hydrogen) atoms. The van der Waals surface area contributed by atoms with Gasteiger partial charge in [-0.05, 0) is 25.8 Å². The zero-order valence-electron chi connectivity index (χ0n) is 14.6. The van der Waals surface area contributed by atoms with Gasteiger partial charge in [-0.2, -0.15) is 11.8 Å². The molecule has 0 bridgehead atoms. The normalized spacial score (nSPS) is 19.1. The molecule has 6 heteroatoms. The van der Waals surface area contributed by atoms with Gasteiger partial charge in [0.1, 0.15) is 0 Å². The van der Waals surface area contributed by atoms with Crippen molar-refractivity contribution in [2.24, 2.45) is 4.99 Å². The van der Waals surface area contributed by atoms with Gasteiger partial charge in [-0.3, -0.25) is 4.99 Å². The SMILES string of the molecule is CCC1CN(C(=NC)NCc2ccc(OC(C)C)nc2)CCS1. The van der Waals surface area contributed by atoms with Crippen LogP contribution < -0.4 is 10.1 Å². The Balaban J connectivity index is 1.88. The maximum Gasteiger partial charge on any atom is 0.213 e. The van der Waals surface area contributed by atoms with Gasteiger partial charge in [-0.1, -0.05) is 13.0 Å². The highest BCUT2D eigenvalue weighted by molar-refractivity contribution is 8.00. The summed E-state index contributed by atoms with van der Waals surface area (Å²) < 4.78 is 5.57. The molecule has 1 atom stereocenters. The Kier molecular flexibility index (Phi) is 7.02. The molecule has 0 radical (unpaired) electrons. The van der Waals surface area contributed by atoms with Gasteiger partial charge in [0.2, 0.25) is 5.88 Å². The first-order valence-corrected chi connectivity index (χ1v) is 9.36. The van der Waals surface area contributed by atoms with Gasteiger partial charge in [0.25, 0.3) is 0 Å². The highest BCUT2D eigenvalue weighted by atomic mass is 32.2. The van der Waals surface area contributed by atoms with E-state index in [1.807, 2.05) is 39.2 Å². The standard InChI is InChI=1S/C17H28N4OS/c1-5-15-12-21(8-9-23-15)17(18-4)20-11-14-6-7-16(19-10-14)22-13(2)3/h6-7,10,13,15H,5,8-9,11-12H2,1-4H3,(H,18,20). The third-order valence-corrected chi connectivity index (χ3v) is 5.08. The lowest BCUT2D eigenvalue weighted by atomic mass is 10.3. The van der Waals surface area contributed by atoms with Crippen molar-refractivity contribution in [3.05, 3.63) is 23.9 Å². The lowest BCUT2D eigenvalue weighted by molar-refractivity contribution is 0.232. The summed E-state index contributed by atoms with van der Waals surface area (Å²) in [5.74, 6) is 2.82. The van der Waals surface area contributed by atoms with Crippen LogP contribution in [-0.4, -0.2) is 53.1 Å². The van der Waals surface area contributed by atoms with Crippen LogP contribution in [0.1, 0.15) is 32.8 Å². The zero-order valence-corrected chi connectivity index (χ0v) is 15.4. The average Bonchev–Trinajstić information content (AvgIpc) is 2.56. The Morgan fingerprint density at radius 2 is 2.35 bits per heavy atom. The predicted molar refractivity (Wildman–Crippen MR) is 98.3 cm³/mol. The summed E-state index contributed by atoms with van der Waals surface area (Å²) in [5, 5.41) is 4.15. The molecular formula is C17H28N4OS. The van der Waals surface area contributed by atoms with Crippen LogP contribution in [0.15, 0.2) is 23.3 Å². The number of pyridine rings is 1. The fraction of sp³-hybridized carbons (Fsp3) is 0.647. The second kappa shape index (κ2) is 9.01. The van der Waals surface area contributed by atoms with Crippen molar-refractivity contribution in [2.45, 2.75) is 45.1 Å². The molecule has 1 aliphatic heterocycles. The number of guanidine groups is 1. The van der Waals surface area contributed by atoms with Crippen LogP contribution >= 0.6 is 11.8 Å². The Morgan fingerprint density at radius 1 is 1.52 bits per heavy atom. The van der Waals surface area contributed by atoms with Crippen molar-refractivity contribution in [1.82, 2.24) is 15.2 Å². The third kappa shape index (κ3) is 5.61. The highest BCUT2D eigenvalue weighted by Crippen LogP contribution is 2.21. The van der Waals surface area contributed by atoms with E-state index in [-0.39, 0.29) is 6.10 Å². The van der Waals surface area contributed by atoms with Crippen LogP contribution in [0, 0.1) is 0 Å². The molecule has 1 aromatic heterocycles. The number of rotatable bonds is 5. The van der Waals surface area contributed by atoms with Crippen molar-refractivity contribution in [2.75, 3.05) is 25.9 Å². The first-order valence-electron chi connectivity index (χ1n) is 8.31. The minimum atomic E-state index is 0.147. The van der Waals surface area contributed by atoms with Gasteiger partial charge >= 0.3 is 0 Å². The van der Waals surface area contributed by atoms with Crippen molar-refractivity contribution >= 4 is 17.7 Å². The Labute approximate surface area is 143 Å². The molecule has 0 aromatic carbocycles. The van der Waals surface area contributed by atoms with Gasteiger partial charge in [0.15, 0.2) is 5.96 Å². The van der Waals surface area contributed by atoms with Crippen LogP contribution in [0.4, 0.5) is 0 Å². The predicted octanol–water partition coefficient (Wildman–Crippen LogP) is 2.77. The monoisotopic (exact) mass is 336 g/mol. The minimum Gasteiger partial charge on any atom is -0.475 e. The van der Waals surface area contributed by atoms with Gasteiger partial charge in [0.05, 0.1) is 6.10 Å². The van der Waals surface area contributed by atoms with Gasteiger partial charge < -0.3 is 15.0 Å². The van der Waals surface area contributed by atoms with Gasteiger partial charge in [0, 0.05) is 49.9 Å². The fourth-order valence-electron chi connectivity index (χ4n) is 2.50. The Bertz CT molecular complexity index is 504. The number of aliphatic imine (C=N–C) groups is 1. The molecule has 2 rings (SSSR count). The Morgan fingerprint density at radius 3 is 2.96 bits per heavy atom. The lowest BCUT2D eigenvalue weighted by Crippen LogP contribution is -2.47. The first kappa shape index (κ1) is 17.9. The van der Waals surface area contributed by atoms with E-state index in [2.05, 4.69) is 38.9 Å². The smallest absolute Gasteiger partial charge is 0.213 e. The number of nitrogens with one attached hydrogen (secondary N) is 1. The quantitative estimate of drug-likeness (QED) is 0.662. The maximum absolute atomic E-state index is 5.57. The van der Waals surface area contributed by atoms with Crippen molar-refractivity contribution in [3.63, 3.8) is 0 Å². The number of ether oxygens (including phenoxy) is 1. The Hall–Kier alpha value is -1.43. The fourth-order valence-corrected chi connectivity index (χ4v) is 3.68. The molecule has 0 amide bonds. The molecule has 1 aromatic rings. The van der Waals surface area contributed by atoms with Crippen molar-refractivity contribution < 1.29 is 4.74 Å². The van der Waals surface area contributed by atoms with E-state index in [9.17, 15) is 0 Å². The highest BCUT2D eigenvalue weighted by Gasteiger charge is 2.21. The molecule has 2 heterocycles. The summed E-state index contributed by atoms with van der Waals surface area (Å²) in [6.45, 7) is 9.11. The zero-order chi connectivity index (χ0) is 16.7. The van der Waals surface area contributed by atoms with Crippen molar-refractivity contribution in [3.8, 4) is 5.88 Å². The second-order valence-corrected chi connectivity index (χ2v) is 7.33. The van der Waals surface area contributed by atoms with Crippen LogP contribution in [-0.2, 0) is 6.54 Å². The van der Waals surface area contributed by atoms with E-state index in [1.165, 1.54) is 12.2 Å². The summed E-state index contributed by atoms with van der Waals surface area (Å²) in [7, 11) is 1.85. The van der Waals surface area contributed by atoms with Crippen LogP contribution in [0.5, 0.6) is 5.88 Å². The number of hydrogen-bond donors (Lipinski definition) is 1. The summed E-state index contributed by atoms with van der Waals surface area (Å²) in [4.78, 5) is 11.1. The van der Waals surface area contributed by atoms with Gasteiger partial charge in [-0.15, -0.1) is 0 Å².